The molecule has 0 fully saturated rings. The van der Waals surface area contributed by atoms with Gasteiger partial charge in [-0.25, -0.2) is 9.79 Å². The van der Waals surface area contributed by atoms with Gasteiger partial charge in [-0.2, -0.15) is 5.26 Å². The normalized spacial score (nSPS) is 14.7. The Morgan fingerprint density at radius 2 is 1.93 bits per heavy atom. The number of nitriles is 1. The number of rotatable bonds is 7. The maximum Gasteiger partial charge on any atom is 0.338 e. The first-order valence-electron chi connectivity index (χ1n) is 12.8. The summed E-state index contributed by atoms with van der Waals surface area (Å²) in [7, 11) is 0. The van der Waals surface area contributed by atoms with Crippen molar-refractivity contribution in [3.8, 4) is 11.8 Å². The van der Waals surface area contributed by atoms with Crippen molar-refractivity contribution in [2.45, 2.75) is 26.5 Å². The van der Waals surface area contributed by atoms with Crippen molar-refractivity contribution in [1.29, 1.82) is 5.26 Å². The largest absolute Gasteiger partial charge is 0.487 e. The second-order valence-electron chi connectivity index (χ2n) is 9.19. The first-order valence-corrected chi connectivity index (χ1v) is 16.1. The summed E-state index contributed by atoms with van der Waals surface area (Å²) in [5.74, 6) is 0.0547. The van der Waals surface area contributed by atoms with Crippen molar-refractivity contribution < 1.29 is 14.3 Å². The van der Waals surface area contributed by atoms with Gasteiger partial charge in [-0.1, -0.05) is 59.3 Å². The Labute approximate surface area is 278 Å². The third-order valence-corrected chi connectivity index (χ3v) is 9.30. The summed E-state index contributed by atoms with van der Waals surface area (Å²) in [6.45, 7) is 3.84. The molecule has 42 heavy (non-hydrogen) atoms. The number of carbonyl (C=O) groups is 1. The van der Waals surface area contributed by atoms with Gasteiger partial charge >= 0.3 is 5.97 Å². The second-order valence-corrected chi connectivity index (χ2v) is 13.0. The quantitative estimate of drug-likeness (QED) is 0.166. The number of halogens is 3. The molecule has 1 aliphatic rings. The fourth-order valence-corrected chi connectivity index (χ4v) is 7.99. The molecule has 1 atom stereocenters. The highest BCUT2D eigenvalue weighted by molar-refractivity contribution is 14.1. The van der Waals surface area contributed by atoms with E-state index in [1.54, 1.807) is 44.2 Å². The Kier molecular flexibility index (Phi) is 9.51. The van der Waals surface area contributed by atoms with Crippen LogP contribution in [0.5, 0.6) is 5.75 Å². The summed E-state index contributed by atoms with van der Waals surface area (Å²) in [5.41, 5.74) is 3.05. The van der Waals surface area contributed by atoms with Gasteiger partial charge in [-0.3, -0.25) is 9.36 Å². The fourth-order valence-electron chi connectivity index (χ4n) is 4.67. The van der Waals surface area contributed by atoms with Crippen molar-refractivity contribution in [3.05, 3.63) is 126 Å². The van der Waals surface area contributed by atoms with Gasteiger partial charge in [0.25, 0.3) is 5.56 Å². The van der Waals surface area contributed by atoms with Gasteiger partial charge in [0.05, 0.1) is 37.6 Å². The number of hydrogen-bond donors (Lipinski definition) is 0. The van der Waals surface area contributed by atoms with E-state index in [2.05, 4.69) is 56.2 Å². The molecule has 0 aliphatic carbocycles. The molecule has 0 N–H and O–H groups in total. The fraction of sp³-hybridized carbons (Fsp3) is 0.161. The van der Waals surface area contributed by atoms with Gasteiger partial charge in [-0.15, -0.1) is 0 Å². The lowest BCUT2D eigenvalue weighted by Gasteiger charge is -2.25. The molecular formula is C31H22ClI2N3O4S. The number of esters is 1. The van der Waals surface area contributed by atoms with E-state index in [-0.39, 0.29) is 24.3 Å². The van der Waals surface area contributed by atoms with Crippen molar-refractivity contribution in [3.63, 3.8) is 0 Å². The first-order chi connectivity index (χ1) is 20.2. The van der Waals surface area contributed by atoms with Gasteiger partial charge < -0.3 is 9.47 Å². The highest BCUT2D eigenvalue weighted by Gasteiger charge is 2.34. The van der Waals surface area contributed by atoms with Crippen LogP contribution in [0.1, 0.15) is 42.1 Å². The van der Waals surface area contributed by atoms with E-state index in [4.69, 9.17) is 21.1 Å². The molecule has 1 aromatic heterocycles. The number of ether oxygens (including phenoxy) is 2. The molecule has 0 unspecified atom stereocenters. The van der Waals surface area contributed by atoms with Gasteiger partial charge in [0, 0.05) is 19.7 Å². The number of benzene rings is 3. The molecule has 3 aromatic carbocycles. The van der Waals surface area contributed by atoms with Gasteiger partial charge in [0.15, 0.2) is 4.80 Å². The van der Waals surface area contributed by atoms with E-state index in [9.17, 15) is 14.9 Å². The molecular weight excluding hydrogens is 800 g/mol. The van der Waals surface area contributed by atoms with E-state index < -0.39 is 12.0 Å². The van der Waals surface area contributed by atoms with Gasteiger partial charge in [-0.05, 0) is 94.9 Å². The van der Waals surface area contributed by atoms with Crippen molar-refractivity contribution >= 4 is 80.2 Å². The molecule has 2 heterocycles. The first kappa shape index (κ1) is 30.5. The van der Waals surface area contributed by atoms with Crippen LogP contribution in [0.25, 0.3) is 6.08 Å². The highest BCUT2D eigenvalue weighted by Crippen LogP contribution is 2.35. The zero-order valence-corrected chi connectivity index (χ0v) is 28.2. The van der Waals surface area contributed by atoms with E-state index in [0.717, 1.165) is 12.7 Å². The molecule has 0 amide bonds. The Bertz CT molecular complexity index is 1980. The van der Waals surface area contributed by atoms with Crippen molar-refractivity contribution in [2.75, 3.05) is 6.61 Å². The van der Waals surface area contributed by atoms with E-state index in [1.165, 1.54) is 15.9 Å². The minimum absolute atomic E-state index is 0.183. The number of allylic oxidation sites excluding steroid dienone is 1. The molecule has 212 valence electrons. The molecule has 5 rings (SSSR count). The minimum atomic E-state index is -0.801. The monoisotopic (exact) mass is 821 g/mol. The summed E-state index contributed by atoms with van der Waals surface area (Å²) >= 11 is 12.3. The van der Waals surface area contributed by atoms with Crippen LogP contribution in [0.2, 0.25) is 5.02 Å². The average molecular weight is 822 g/mol. The van der Waals surface area contributed by atoms with Crippen LogP contribution in [0, 0.1) is 18.5 Å². The molecule has 0 bridgehead atoms. The van der Waals surface area contributed by atoms with Crippen LogP contribution in [0.4, 0.5) is 0 Å². The van der Waals surface area contributed by atoms with Gasteiger partial charge in [0.1, 0.15) is 18.4 Å². The lowest BCUT2D eigenvalue weighted by molar-refractivity contribution is -0.139. The third kappa shape index (κ3) is 6.06. The summed E-state index contributed by atoms with van der Waals surface area (Å²) in [6.07, 6.45) is 1.78. The summed E-state index contributed by atoms with van der Waals surface area (Å²) in [4.78, 5) is 32.3. The molecule has 0 saturated carbocycles. The topological polar surface area (TPSA) is 93.7 Å². The lowest BCUT2D eigenvalue weighted by Crippen LogP contribution is -2.40. The predicted octanol–water partition coefficient (Wildman–Crippen LogP) is 6.11. The number of carbonyl (C=O) groups excluding carboxylic acids is 1. The van der Waals surface area contributed by atoms with E-state index in [0.29, 0.717) is 42.5 Å². The van der Waals surface area contributed by atoms with Crippen LogP contribution in [-0.4, -0.2) is 17.1 Å². The Balaban J connectivity index is 1.66. The number of thiazole rings is 1. The molecule has 0 radical (unpaired) electrons. The molecule has 1 aliphatic heterocycles. The Hall–Kier alpha value is -2.99. The Morgan fingerprint density at radius 1 is 1.19 bits per heavy atom. The predicted molar refractivity (Wildman–Crippen MR) is 179 cm³/mol. The van der Waals surface area contributed by atoms with Crippen LogP contribution in [-0.2, 0) is 16.1 Å². The van der Waals surface area contributed by atoms with Crippen LogP contribution in [0.3, 0.4) is 0 Å². The standard InChI is InChI=1S/C31H22ClI2N3O4S/c1-3-40-30(39)26-17(2)36-31-37(27(26)22-10-6-7-11-23(22)32)29(38)25(42-31)13-20-12-21(33)14-24(34)28(20)41-16-19-9-5-4-8-18(19)15-35/h4-14,27H,3,16H2,1-2H3/b25-13-/t27-/m0/s1. The van der Waals surface area contributed by atoms with E-state index >= 15 is 0 Å². The lowest BCUT2D eigenvalue weighted by atomic mass is 9.96. The molecule has 7 nitrogen and oxygen atoms in total. The summed E-state index contributed by atoms with van der Waals surface area (Å²) in [5, 5.41) is 9.91. The van der Waals surface area contributed by atoms with Crippen LogP contribution >= 0.6 is 68.1 Å². The Morgan fingerprint density at radius 3 is 2.67 bits per heavy atom. The van der Waals surface area contributed by atoms with Crippen LogP contribution < -0.4 is 19.6 Å². The van der Waals surface area contributed by atoms with Crippen molar-refractivity contribution in [1.82, 2.24) is 4.57 Å². The minimum Gasteiger partial charge on any atom is -0.487 e. The average Bonchev–Trinajstić information content (AvgIpc) is 3.26. The maximum atomic E-state index is 14.1. The number of aromatic nitrogens is 1. The maximum absolute atomic E-state index is 14.1. The SMILES string of the molecule is CCOC(=O)C1=C(C)N=c2s/c(=C\c3cc(I)cc(I)c3OCc3ccccc3C#N)c(=O)n2[C@H]1c1ccccc1Cl. The summed E-state index contributed by atoms with van der Waals surface area (Å²) < 4.78 is 15.4. The highest BCUT2D eigenvalue weighted by atomic mass is 127. The smallest absolute Gasteiger partial charge is 0.338 e. The van der Waals surface area contributed by atoms with Gasteiger partial charge in [0.2, 0.25) is 0 Å². The number of fused-ring (bicyclic) bond motifs is 1. The second kappa shape index (κ2) is 13.1. The third-order valence-electron chi connectivity index (χ3n) is 6.55. The zero-order chi connectivity index (χ0) is 30.0. The molecule has 0 spiro atoms. The molecule has 11 heteroatoms. The number of nitrogens with zero attached hydrogens (tertiary/aromatic N) is 3. The summed E-state index contributed by atoms with van der Waals surface area (Å²) in [6, 6.07) is 19.7. The number of hydrogen-bond acceptors (Lipinski definition) is 7. The zero-order valence-electron chi connectivity index (χ0n) is 22.4. The molecule has 4 aromatic rings. The van der Waals surface area contributed by atoms with E-state index in [1.807, 2.05) is 36.4 Å². The van der Waals surface area contributed by atoms with Crippen molar-refractivity contribution in [2.24, 2.45) is 4.99 Å². The van der Waals surface area contributed by atoms with Crippen LogP contribution in [0.15, 0.2) is 81.7 Å². The molecule has 0 saturated heterocycles.